The van der Waals surface area contributed by atoms with Gasteiger partial charge in [-0.15, -0.1) is 0 Å². The van der Waals surface area contributed by atoms with Crippen LogP contribution in [0.3, 0.4) is 0 Å². The molecule has 2 saturated heterocycles. The summed E-state index contributed by atoms with van der Waals surface area (Å²) in [5.74, 6) is 0.393. The third-order valence-corrected chi connectivity index (χ3v) is 9.61. The number of fused-ring (bicyclic) bond motifs is 1. The molecule has 47 heavy (non-hydrogen) atoms. The van der Waals surface area contributed by atoms with Gasteiger partial charge in [-0.05, 0) is 77.6 Å². The summed E-state index contributed by atoms with van der Waals surface area (Å²) in [6, 6.07) is 17.0. The quantitative estimate of drug-likeness (QED) is 0.132. The van der Waals surface area contributed by atoms with Crippen LogP contribution in [0.4, 0.5) is 0 Å². The number of carbonyl (C=O) groups excluding carboxylic acids is 1. The fourth-order valence-electron chi connectivity index (χ4n) is 5.68. The Hall–Kier alpha value is -4.16. The molecule has 1 amide bonds. The molecule has 0 unspecified atom stereocenters. The minimum absolute atomic E-state index is 0.112. The number of hydrogen-bond acceptors (Lipinski definition) is 9. The zero-order chi connectivity index (χ0) is 32.8. The van der Waals surface area contributed by atoms with E-state index in [1.54, 1.807) is 11.0 Å². The van der Waals surface area contributed by atoms with Crippen LogP contribution < -0.4 is 14.2 Å². The number of carbonyl (C=O) groups is 2. The first-order valence-electron chi connectivity index (χ1n) is 15.6. The maximum absolute atomic E-state index is 13.4. The van der Waals surface area contributed by atoms with Crippen molar-refractivity contribution in [2.24, 2.45) is 0 Å². The van der Waals surface area contributed by atoms with E-state index in [9.17, 15) is 14.7 Å². The number of rotatable bonds is 13. The van der Waals surface area contributed by atoms with E-state index in [1.807, 2.05) is 18.2 Å². The molecule has 0 radical (unpaired) electrons. The van der Waals surface area contributed by atoms with Crippen LogP contribution in [0.5, 0.6) is 17.2 Å². The van der Waals surface area contributed by atoms with Crippen molar-refractivity contribution in [2.45, 2.75) is 12.8 Å². The Morgan fingerprint density at radius 1 is 1.00 bits per heavy atom. The smallest absolute Gasteiger partial charge is 0.335 e. The molecule has 6 rings (SSSR count). The minimum Gasteiger partial charge on any atom is -0.493 e. The summed E-state index contributed by atoms with van der Waals surface area (Å²) in [6.07, 6.45) is 7.69. The lowest BCUT2D eigenvalue weighted by molar-refractivity contribution is -0.122. The first-order valence-corrected chi connectivity index (χ1v) is 16.8. The van der Waals surface area contributed by atoms with Crippen molar-refractivity contribution >= 4 is 52.3 Å². The molecular weight excluding hydrogens is 637 g/mol. The summed E-state index contributed by atoms with van der Waals surface area (Å²) in [6.45, 7) is 5.41. The number of thiocarbonyl (C=S) groups is 1. The van der Waals surface area contributed by atoms with Gasteiger partial charge in [0.1, 0.15) is 16.7 Å². The standard InChI is InChI=1S/C36H36N2O7S2/c1-42-32-23-28(35(40)41)9-11-31(32)44-16-3-12-38-34(39)33(47-36(38)46)21-24-6-10-30(45-19-15-37-13-17-43-18-14-37)29(20-24)27-8-7-25-4-2-5-26(25)22-27/h2,5-11,20-23H,3-4,12-19H2,1H3,(H,40,41). The van der Waals surface area contributed by atoms with E-state index in [1.165, 1.54) is 42.1 Å². The lowest BCUT2D eigenvalue weighted by Crippen LogP contribution is -2.38. The van der Waals surface area contributed by atoms with E-state index in [2.05, 4.69) is 41.3 Å². The number of carboxylic acids is 1. The number of amides is 1. The first-order chi connectivity index (χ1) is 22.9. The number of aromatic carboxylic acids is 1. The number of carboxylic acid groups (broad SMARTS) is 1. The maximum atomic E-state index is 13.4. The number of ether oxygens (including phenoxy) is 4. The summed E-state index contributed by atoms with van der Waals surface area (Å²) in [5.41, 5.74) is 5.56. The number of allylic oxidation sites excluding steroid dienone is 1. The molecule has 1 aliphatic carbocycles. The molecule has 0 bridgehead atoms. The number of thioether (sulfide) groups is 1. The third-order valence-electron chi connectivity index (χ3n) is 8.23. The van der Waals surface area contributed by atoms with Crippen molar-refractivity contribution in [3.63, 3.8) is 0 Å². The highest BCUT2D eigenvalue weighted by Crippen LogP contribution is 2.37. The Balaban J connectivity index is 1.13. The SMILES string of the molecule is COc1cc(C(=O)O)ccc1OCCCN1C(=O)C(=Cc2ccc(OCCN3CCOCC3)c(-c3ccc4c(c3)C=CC4)c2)SC1=S. The topological polar surface area (TPSA) is 97.8 Å². The average Bonchev–Trinajstić information content (AvgIpc) is 3.66. The van der Waals surface area contributed by atoms with E-state index in [-0.39, 0.29) is 11.5 Å². The van der Waals surface area contributed by atoms with E-state index >= 15 is 0 Å². The van der Waals surface area contributed by atoms with Gasteiger partial charge in [-0.3, -0.25) is 14.6 Å². The molecule has 0 saturated carbocycles. The van der Waals surface area contributed by atoms with Gasteiger partial charge in [0.25, 0.3) is 5.91 Å². The van der Waals surface area contributed by atoms with Crippen LogP contribution in [0.15, 0.2) is 65.6 Å². The monoisotopic (exact) mass is 672 g/mol. The molecule has 2 aliphatic heterocycles. The summed E-state index contributed by atoms with van der Waals surface area (Å²) in [7, 11) is 1.46. The lowest BCUT2D eigenvalue weighted by atomic mass is 9.98. The Morgan fingerprint density at radius 2 is 1.81 bits per heavy atom. The highest BCUT2D eigenvalue weighted by Gasteiger charge is 2.31. The largest absolute Gasteiger partial charge is 0.493 e. The van der Waals surface area contributed by atoms with Crippen LogP contribution in [0.1, 0.15) is 33.5 Å². The normalized spacial score (nSPS) is 17.0. The van der Waals surface area contributed by atoms with Gasteiger partial charge in [0.2, 0.25) is 0 Å². The molecule has 1 N–H and O–H groups in total. The number of nitrogens with zero attached hydrogens (tertiary/aromatic N) is 2. The third kappa shape index (κ3) is 7.87. The van der Waals surface area contributed by atoms with Crippen molar-refractivity contribution in [3.05, 3.63) is 87.8 Å². The first kappa shape index (κ1) is 32.8. The summed E-state index contributed by atoms with van der Waals surface area (Å²) >= 11 is 6.86. The van der Waals surface area contributed by atoms with Crippen LogP contribution in [-0.2, 0) is 16.0 Å². The highest BCUT2D eigenvalue weighted by atomic mass is 32.2. The van der Waals surface area contributed by atoms with Crippen molar-refractivity contribution in [1.29, 1.82) is 0 Å². The fraction of sp³-hybridized carbons (Fsp3) is 0.306. The zero-order valence-electron chi connectivity index (χ0n) is 26.1. The molecule has 9 nitrogen and oxygen atoms in total. The highest BCUT2D eigenvalue weighted by molar-refractivity contribution is 8.26. The molecule has 11 heteroatoms. The van der Waals surface area contributed by atoms with E-state index in [0.29, 0.717) is 46.9 Å². The Bertz CT molecular complexity index is 1730. The zero-order valence-corrected chi connectivity index (χ0v) is 27.7. The Labute approximate surface area is 283 Å². The van der Waals surface area contributed by atoms with E-state index < -0.39 is 5.97 Å². The van der Waals surface area contributed by atoms with Gasteiger partial charge in [0.05, 0.1) is 37.4 Å². The fourth-order valence-corrected chi connectivity index (χ4v) is 6.99. The molecule has 2 fully saturated rings. The van der Waals surface area contributed by atoms with Gasteiger partial charge in [-0.25, -0.2) is 4.79 Å². The number of benzene rings is 3. The maximum Gasteiger partial charge on any atom is 0.335 e. The number of methoxy groups -OCH3 is 1. The lowest BCUT2D eigenvalue weighted by Gasteiger charge is -2.26. The van der Waals surface area contributed by atoms with Crippen molar-refractivity contribution in [2.75, 3.05) is 59.7 Å². The molecular formula is C36H36N2O7S2. The molecule has 0 spiro atoms. The summed E-state index contributed by atoms with van der Waals surface area (Å²) in [5, 5.41) is 9.21. The van der Waals surface area contributed by atoms with Crippen LogP contribution >= 0.6 is 24.0 Å². The molecule has 0 atom stereocenters. The van der Waals surface area contributed by atoms with Crippen molar-refractivity contribution < 1.29 is 33.6 Å². The van der Waals surface area contributed by atoms with Gasteiger partial charge >= 0.3 is 5.97 Å². The average molecular weight is 673 g/mol. The van der Waals surface area contributed by atoms with Gasteiger partial charge in [-0.2, -0.15) is 0 Å². The van der Waals surface area contributed by atoms with E-state index in [4.69, 9.17) is 31.2 Å². The predicted octanol–water partition coefficient (Wildman–Crippen LogP) is 6.01. The van der Waals surface area contributed by atoms with Crippen LogP contribution in [0, 0.1) is 0 Å². The van der Waals surface area contributed by atoms with Gasteiger partial charge < -0.3 is 24.1 Å². The van der Waals surface area contributed by atoms with Crippen molar-refractivity contribution in [3.8, 4) is 28.4 Å². The molecule has 3 aliphatic rings. The Morgan fingerprint density at radius 3 is 2.62 bits per heavy atom. The van der Waals surface area contributed by atoms with Crippen LogP contribution in [0.25, 0.3) is 23.3 Å². The number of hydrogen-bond donors (Lipinski definition) is 1. The molecule has 3 aromatic carbocycles. The van der Waals surface area contributed by atoms with Gasteiger partial charge in [-0.1, -0.05) is 54.3 Å². The summed E-state index contributed by atoms with van der Waals surface area (Å²) in [4.78, 5) is 29.2. The second kappa shape index (κ2) is 15.2. The molecule has 3 aromatic rings. The number of morpholine rings is 1. The second-order valence-corrected chi connectivity index (χ2v) is 13.0. The predicted molar refractivity (Wildman–Crippen MR) is 187 cm³/mol. The van der Waals surface area contributed by atoms with Crippen LogP contribution in [0.2, 0.25) is 0 Å². The summed E-state index contributed by atoms with van der Waals surface area (Å²) < 4.78 is 23.4. The molecule has 2 heterocycles. The van der Waals surface area contributed by atoms with Crippen molar-refractivity contribution in [1.82, 2.24) is 9.80 Å². The van der Waals surface area contributed by atoms with E-state index in [0.717, 1.165) is 61.7 Å². The van der Waals surface area contributed by atoms with Gasteiger partial charge in [0, 0.05) is 31.7 Å². The second-order valence-electron chi connectivity index (χ2n) is 11.3. The Kier molecular flexibility index (Phi) is 10.6. The van der Waals surface area contributed by atoms with Gasteiger partial charge in [0.15, 0.2) is 11.5 Å². The molecule has 0 aromatic heterocycles. The minimum atomic E-state index is -1.04. The van der Waals surface area contributed by atoms with Crippen LogP contribution in [-0.4, -0.2) is 90.8 Å². The molecule has 244 valence electrons.